The molecule has 0 unspecified atom stereocenters. The van der Waals surface area contributed by atoms with E-state index in [0.717, 1.165) is 31.0 Å². The topological polar surface area (TPSA) is 30.7 Å². The minimum absolute atomic E-state index is 0.887. The number of hydrogen-bond donors (Lipinski definition) is 0. The molecule has 2 aromatic rings. The summed E-state index contributed by atoms with van der Waals surface area (Å²) in [6.45, 7) is 1.05. The van der Waals surface area contributed by atoms with Gasteiger partial charge in [0, 0.05) is 30.9 Å². The summed E-state index contributed by atoms with van der Waals surface area (Å²) >= 11 is 2.00. The van der Waals surface area contributed by atoms with Crippen LogP contribution in [0.2, 0.25) is 0 Å². The predicted molar refractivity (Wildman–Crippen MR) is 70.3 cm³/mol. The second-order valence-electron chi connectivity index (χ2n) is 4.21. The average Bonchev–Trinajstić information content (AvgIpc) is 2.61. The molecule has 88 valence electrons. The van der Waals surface area contributed by atoms with Gasteiger partial charge in [0.25, 0.3) is 0 Å². The molecule has 0 N–H and O–H groups in total. The fraction of sp³-hybridized carbons (Fsp3) is 0.385. The van der Waals surface area contributed by atoms with Crippen molar-refractivity contribution >= 4 is 11.8 Å². The first-order valence-corrected chi connectivity index (χ1v) is 7.11. The molecule has 0 saturated heterocycles. The summed E-state index contributed by atoms with van der Waals surface area (Å²) in [5.41, 5.74) is 1.31. The average molecular weight is 245 g/mol. The van der Waals surface area contributed by atoms with Gasteiger partial charge < -0.3 is 4.57 Å². The number of rotatable bonds is 2. The van der Waals surface area contributed by atoms with Gasteiger partial charge in [0.15, 0.2) is 0 Å². The van der Waals surface area contributed by atoms with E-state index in [1.807, 2.05) is 17.8 Å². The van der Waals surface area contributed by atoms with Crippen molar-refractivity contribution in [1.29, 1.82) is 0 Å². The maximum atomic E-state index is 4.34. The molecule has 0 radical (unpaired) electrons. The van der Waals surface area contributed by atoms with Gasteiger partial charge in [-0.2, -0.15) is 11.8 Å². The third-order valence-corrected chi connectivity index (χ3v) is 4.00. The molecule has 1 aromatic carbocycles. The maximum absolute atomic E-state index is 4.34. The molecule has 3 rings (SSSR count). The quantitative estimate of drug-likeness (QED) is 0.812. The van der Waals surface area contributed by atoms with Crippen molar-refractivity contribution in [2.24, 2.45) is 0 Å². The zero-order chi connectivity index (χ0) is 11.5. The monoisotopic (exact) mass is 245 g/mol. The normalized spacial score (nSPS) is 15.3. The number of benzene rings is 1. The Morgan fingerprint density at radius 2 is 2.00 bits per heavy atom. The molecular formula is C13H15N3S. The van der Waals surface area contributed by atoms with Crippen molar-refractivity contribution < 1.29 is 0 Å². The molecule has 0 amide bonds. The molecule has 17 heavy (non-hydrogen) atoms. The molecule has 1 aliphatic heterocycles. The Kier molecular flexibility index (Phi) is 3.14. The Labute approximate surface area is 105 Å². The van der Waals surface area contributed by atoms with Gasteiger partial charge in [0.2, 0.25) is 0 Å². The maximum Gasteiger partial charge on any atom is 0.137 e. The van der Waals surface area contributed by atoms with E-state index >= 15 is 0 Å². The summed E-state index contributed by atoms with van der Waals surface area (Å²) in [6, 6.07) is 10.5. The second-order valence-corrected chi connectivity index (χ2v) is 5.43. The number of hydrogen-bond acceptors (Lipinski definition) is 3. The first-order valence-electron chi connectivity index (χ1n) is 5.96. The molecule has 0 bridgehead atoms. The lowest BCUT2D eigenvalue weighted by Crippen LogP contribution is -2.08. The van der Waals surface area contributed by atoms with Gasteiger partial charge in [-0.3, -0.25) is 0 Å². The molecule has 0 fully saturated rings. The number of aryl methyl sites for hydroxylation is 1. The van der Waals surface area contributed by atoms with Gasteiger partial charge in [-0.05, 0) is 5.56 Å². The number of aromatic nitrogens is 3. The van der Waals surface area contributed by atoms with Crippen molar-refractivity contribution in [3.8, 4) is 0 Å². The summed E-state index contributed by atoms with van der Waals surface area (Å²) in [5.74, 6) is 4.60. The summed E-state index contributed by atoms with van der Waals surface area (Å²) < 4.78 is 2.30. The van der Waals surface area contributed by atoms with E-state index in [-0.39, 0.29) is 0 Å². The van der Waals surface area contributed by atoms with Crippen LogP contribution in [0, 0.1) is 0 Å². The van der Waals surface area contributed by atoms with E-state index in [1.165, 1.54) is 17.1 Å². The molecule has 4 heteroatoms. The Hall–Kier alpha value is -1.29. The van der Waals surface area contributed by atoms with E-state index in [1.54, 1.807) is 0 Å². The van der Waals surface area contributed by atoms with Gasteiger partial charge in [-0.25, -0.2) is 0 Å². The lowest BCUT2D eigenvalue weighted by Gasteiger charge is -2.06. The predicted octanol–water partition coefficient (Wildman–Crippen LogP) is 2.16. The Morgan fingerprint density at radius 1 is 1.12 bits per heavy atom. The highest BCUT2D eigenvalue weighted by molar-refractivity contribution is 7.99. The van der Waals surface area contributed by atoms with Crippen molar-refractivity contribution in [2.75, 3.05) is 11.5 Å². The fourth-order valence-electron chi connectivity index (χ4n) is 2.15. The number of nitrogens with zero attached hydrogens (tertiary/aromatic N) is 3. The van der Waals surface area contributed by atoms with Gasteiger partial charge in [0.1, 0.15) is 11.6 Å². The van der Waals surface area contributed by atoms with Crippen molar-refractivity contribution in [2.45, 2.75) is 19.4 Å². The molecule has 1 aliphatic rings. The lowest BCUT2D eigenvalue weighted by atomic mass is 10.1. The van der Waals surface area contributed by atoms with Crippen molar-refractivity contribution in [1.82, 2.24) is 14.8 Å². The van der Waals surface area contributed by atoms with Gasteiger partial charge >= 0.3 is 0 Å². The van der Waals surface area contributed by atoms with E-state index in [0.29, 0.717) is 0 Å². The van der Waals surface area contributed by atoms with Crippen LogP contribution in [0.25, 0.3) is 0 Å². The van der Waals surface area contributed by atoms with E-state index in [2.05, 4.69) is 39.0 Å². The van der Waals surface area contributed by atoms with E-state index in [9.17, 15) is 0 Å². The number of fused-ring (bicyclic) bond motifs is 1. The zero-order valence-corrected chi connectivity index (χ0v) is 10.5. The summed E-state index contributed by atoms with van der Waals surface area (Å²) in [6.07, 6.45) is 1.94. The molecule has 1 aromatic heterocycles. The highest BCUT2D eigenvalue weighted by atomic mass is 32.2. The zero-order valence-electron chi connectivity index (χ0n) is 9.67. The largest absolute Gasteiger partial charge is 0.314 e. The van der Waals surface area contributed by atoms with Crippen LogP contribution in [0.1, 0.15) is 17.2 Å². The third kappa shape index (κ3) is 2.36. The smallest absolute Gasteiger partial charge is 0.137 e. The highest BCUT2D eigenvalue weighted by Gasteiger charge is 2.14. The molecule has 0 saturated carbocycles. The molecule has 3 nitrogen and oxygen atoms in total. The van der Waals surface area contributed by atoms with Crippen LogP contribution in [0.4, 0.5) is 0 Å². The first-order chi connectivity index (χ1) is 8.43. The molecule has 0 aliphatic carbocycles. The first kappa shape index (κ1) is 10.8. The van der Waals surface area contributed by atoms with Crippen LogP contribution in [0.15, 0.2) is 30.3 Å². The molecule has 2 heterocycles. The Morgan fingerprint density at radius 3 is 2.88 bits per heavy atom. The highest BCUT2D eigenvalue weighted by Crippen LogP contribution is 2.16. The third-order valence-electron chi connectivity index (χ3n) is 3.04. The van der Waals surface area contributed by atoms with Crippen LogP contribution in [0.5, 0.6) is 0 Å². The SMILES string of the molecule is c1ccc(Cc2nnc3n2CCSCC3)cc1. The summed E-state index contributed by atoms with van der Waals surface area (Å²) in [7, 11) is 0. The van der Waals surface area contributed by atoms with Crippen LogP contribution in [0.3, 0.4) is 0 Å². The van der Waals surface area contributed by atoms with Crippen LogP contribution in [-0.4, -0.2) is 26.3 Å². The number of thioether (sulfide) groups is 1. The molecule has 0 atom stereocenters. The van der Waals surface area contributed by atoms with Crippen LogP contribution >= 0.6 is 11.8 Å². The Bertz CT molecular complexity index is 493. The van der Waals surface area contributed by atoms with Crippen LogP contribution in [-0.2, 0) is 19.4 Å². The van der Waals surface area contributed by atoms with Gasteiger partial charge in [-0.1, -0.05) is 30.3 Å². The van der Waals surface area contributed by atoms with E-state index < -0.39 is 0 Å². The molecular weight excluding hydrogens is 230 g/mol. The summed E-state index contributed by atoms with van der Waals surface area (Å²) in [4.78, 5) is 0. The van der Waals surface area contributed by atoms with Gasteiger partial charge in [-0.15, -0.1) is 10.2 Å². The minimum Gasteiger partial charge on any atom is -0.314 e. The summed E-state index contributed by atoms with van der Waals surface area (Å²) in [5, 5.41) is 8.65. The van der Waals surface area contributed by atoms with Gasteiger partial charge in [0.05, 0.1) is 0 Å². The second kappa shape index (κ2) is 4.92. The fourth-order valence-corrected chi connectivity index (χ4v) is 2.99. The minimum atomic E-state index is 0.887. The van der Waals surface area contributed by atoms with E-state index in [4.69, 9.17) is 0 Å². The van der Waals surface area contributed by atoms with Crippen LogP contribution < -0.4 is 0 Å². The standard InChI is InChI=1S/C13H15N3S/c1-2-4-11(5-3-1)10-13-15-14-12-6-8-17-9-7-16(12)13/h1-5H,6-10H2. The Balaban J connectivity index is 1.86. The lowest BCUT2D eigenvalue weighted by molar-refractivity contribution is 0.689. The molecule has 0 spiro atoms. The van der Waals surface area contributed by atoms with Crippen molar-refractivity contribution in [3.63, 3.8) is 0 Å². The van der Waals surface area contributed by atoms with Crippen molar-refractivity contribution in [3.05, 3.63) is 47.5 Å².